The summed E-state index contributed by atoms with van der Waals surface area (Å²) in [6.07, 6.45) is -0.777. The number of carbonyl (C=O) groups excluding carboxylic acids is 4. The van der Waals surface area contributed by atoms with Gasteiger partial charge in [-0.05, 0) is 66.2 Å². The standard InChI is InChI=1S/C24H37N3O7/c1-8-33-19(30)13-14-25-21(31)20(16-9-11-17(28)12-10-16)27(23(2,3)4)18(29)15-26-22(32)34-24(5,6)7/h9-12,20,28H,8,13-15H2,1-7H3,(H,25,31)(H,26,32). The normalized spacial score (nSPS) is 12.3. The van der Waals surface area contributed by atoms with E-state index in [4.69, 9.17) is 9.47 Å². The number of nitrogens with zero attached hydrogens (tertiary/aromatic N) is 1. The van der Waals surface area contributed by atoms with Gasteiger partial charge in [0.1, 0.15) is 23.9 Å². The van der Waals surface area contributed by atoms with Crippen LogP contribution < -0.4 is 10.6 Å². The van der Waals surface area contributed by atoms with E-state index in [1.807, 2.05) is 0 Å². The van der Waals surface area contributed by atoms with Gasteiger partial charge in [-0.15, -0.1) is 0 Å². The molecule has 0 aliphatic rings. The van der Waals surface area contributed by atoms with E-state index in [1.54, 1.807) is 48.5 Å². The average Bonchev–Trinajstić information content (AvgIpc) is 2.69. The summed E-state index contributed by atoms with van der Waals surface area (Å²) in [6, 6.07) is 4.82. The number of phenolic OH excluding ortho intramolecular Hbond substituents is 1. The Kier molecular flexibility index (Phi) is 10.3. The molecular weight excluding hydrogens is 442 g/mol. The van der Waals surface area contributed by atoms with Crippen molar-refractivity contribution in [2.75, 3.05) is 19.7 Å². The second-order valence-electron chi connectivity index (χ2n) is 9.63. The van der Waals surface area contributed by atoms with E-state index < -0.39 is 47.6 Å². The highest BCUT2D eigenvalue weighted by Gasteiger charge is 2.38. The molecule has 10 heteroatoms. The van der Waals surface area contributed by atoms with Crippen LogP contribution in [-0.4, -0.2) is 64.7 Å². The van der Waals surface area contributed by atoms with Crippen LogP contribution in [0.1, 0.15) is 66.5 Å². The van der Waals surface area contributed by atoms with Gasteiger partial charge in [-0.3, -0.25) is 14.4 Å². The molecule has 10 nitrogen and oxygen atoms in total. The van der Waals surface area contributed by atoms with E-state index in [1.165, 1.54) is 29.2 Å². The van der Waals surface area contributed by atoms with Gasteiger partial charge >= 0.3 is 12.1 Å². The molecule has 1 aromatic rings. The number of alkyl carbamates (subject to hydrolysis) is 1. The zero-order chi connectivity index (χ0) is 26.1. The zero-order valence-corrected chi connectivity index (χ0v) is 21.1. The largest absolute Gasteiger partial charge is 0.508 e. The van der Waals surface area contributed by atoms with Gasteiger partial charge in [-0.2, -0.15) is 0 Å². The quantitative estimate of drug-likeness (QED) is 0.464. The minimum Gasteiger partial charge on any atom is -0.508 e. The molecule has 190 valence electrons. The number of phenols is 1. The van der Waals surface area contributed by atoms with Gasteiger partial charge in [0.05, 0.1) is 13.0 Å². The summed E-state index contributed by atoms with van der Waals surface area (Å²) in [4.78, 5) is 51.6. The Morgan fingerprint density at radius 3 is 2.09 bits per heavy atom. The van der Waals surface area contributed by atoms with Crippen molar-refractivity contribution in [1.29, 1.82) is 0 Å². The number of carbonyl (C=O) groups is 4. The Morgan fingerprint density at radius 2 is 1.59 bits per heavy atom. The fourth-order valence-corrected chi connectivity index (χ4v) is 3.14. The van der Waals surface area contributed by atoms with Crippen molar-refractivity contribution in [3.63, 3.8) is 0 Å². The Hall–Kier alpha value is -3.30. The molecule has 0 saturated heterocycles. The summed E-state index contributed by atoms with van der Waals surface area (Å²) in [5.74, 6) is -1.48. The predicted molar refractivity (Wildman–Crippen MR) is 126 cm³/mol. The van der Waals surface area contributed by atoms with Crippen molar-refractivity contribution in [3.05, 3.63) is 29.8 Å². The van der Waals surface area contributed by atoms with Gasteiger partial charge in [0.25, 0.3) is 0 Å². The smallest absolute Gasteiger partial charge is 0.408 e. The summed E-state index contributed by atoms with van der Waals surface area (Å²) in [5, 5.41) is 14.8. The van der Waals surface area contributed by atoms with Crippen LogP contribution in [0.15, 0.2) is 24.3 Å². The first-order chi connectivity index (χ1) is 15.7. The molecule has 0 bridgehead atoms. The van der Waals surface area contributed by atoms with Gasteiger partial charge in [-0.1, -0.05) is 12.1 Å². The minimum absolute atomic E-state index is 0.00504. The molecule has 0 fully saturated rings. The number of benzene rings is 1. The number of nitrogens with one attached hydrogen (secondary N) is 2. The average molecular weight is 480 g/mol. The van der Waals surface area contributed by atoms with E-state index in [2.05, 4.69) is 10.6 Å². The third kappa shape index (κ3) is 9.68. The maximum atomic E-state index is 13.3. The first-order valence-corrected chi connectivity index (χ1v) is 11.2. The van der Waals surface area contributed by atoms with Gasteiger partial charge in [-0.25, -0.2) is 4.79 Å². The van der Waals surface area contributed by atoms with Crippen LogP contribution in [0.5, 0.6) is 5.75 Å². The molecule has 0 aliphatic heterocycles. The van der Waals surface area contributed by atoms with E-state index in [-0.39, 0.29) is 25.3 Å². The minimum atomic E-state index is -1.09. The number of aromatic hydroxyl groups is 1. The molecule has 0 saturated carbocycles. The number of amides is 3. The second kappa shape index (κ2) is 12.2. The lowest BCUT2D eigenvalue weighted by Gasteiger charge is -2.41. The second-order valence-corrected chi connectivity index (χ2v) is 9.63. The van der Waals surface area contributed by atoms with Gasteiger partial charge in [0.2, 0.25) is 11.8 Å². The Bertz CT molecular complexity index is 855. The molecule has 0 heterocycles. The first kappa shape index (κ1) is 28.7. The van der Waals surface area contributed by atoms with Crippen LogP contribution in [0.25, 0.3) is 0 Å². The monoisotopic (exact) mass is 479 g/mol. The topological polar surface area (TPSA) is 134 Å². The third-order valence-electron chi connectivity index (χ3n) is 4.42. The molecule has 0 aromatic heterocycles. The van der Waals surface area contributed by atoms with E-state index in [0.29, 0.717) is 5.56 Å². The van der Waals surface area contributed by atoms with Crippen LogP contribution in [0, 0.1) is 0 Å². The molecule has 1 aromatic carbocycles. The Balaban J connectivity index is 3.17. The first-order valence-electron chi connectivity index (χ1n) is 11.2. The van der Waals surface area contributed by atoms with E-state index in [0.717, 1.165) is 0 Å². The third-order valence-corrected chi connectivity index (χ3v) is 4.42. The molecule has 34 heavy (non-hydrogen) atoms. The van der Waals surface area contributed by atoms with Gasteiger partial charge in [0.15, 0.2) is 0 Å². The van der Waals surface area contributed by atoms with Crippen LogP contribution in [-0.2, 0) is 23.9 Å². The highest BCUT2D eigenvalue weighted by Crippen LogP contribution is 2.30. The number of hydrogen-bond acceptors (Lipinski definition) is 7. The predicted octanol–water partition coefficient (Wildman–Crippen LogP) is 2.65. The zero-order valence-electron chi connectivity index (χ0n) is 21.1. The maximum Gasteiger partial charge on any atom is 0.408 e. The number of hydrogen-bond donors (Lipinski definition) is 3. The summed E-state index contributed by atoms with van der Waals surface area (Å²) >= 11 is 0. The van der Waals surface area contributed by atoms with Gasteiger partial charge < -0.3 is 30.1 Å². The molecule has 3 N–H and O–H groups in total. The Labute approximate surface area is 201 Å². The van der Waals surface area contributed by atoms with Crippen LogP contribution in [0.2, 0.25) is 0 Å². The summed E-state index contributed by atoms with van der Waals surface area (Å²) < 4.78 is 10.1. The lowest BCUT2D eigenvalue weighted by atomic mass is 9.96. The summed E-state index contributed by atoms with van der Waals surface area (Å²) in [7, 11) is 0. The van der Waals surface area contributed by atoms with Crippen LogP contribution in [0.3, 0.4) is 0 Å². The molecule has 1 unspecified atom stereocenters. The Morgan fingerprint density at radius 1 is 1.00 bits per heavy atom. The van der Waals surface area contributed by atoms with Crippen molar-refractivity contribution in [2.24, 2.45) is 0 Å². The van der Waals surface area contributed by atoms with Crippen molar-refractivity contribution < 1.29 is 33.8 Å². The van der Waals surface area contributed by atoms with E-state index >= 15 is 0 Å². The lowest BCUT2D eigenvalue weighted by molar-refractivity contribution is -0.146. The van der Waals surface area contributed by atoms with Crippen molar-refractivity contribution in [1.82, 2.24) is 15.5 Å². The number of ether oxygens (including phenoxy) is 2. The van der Waals surface area contributed by atoms with Crippen molar-refractivity contribution in [2.45, 2.75) is 72.1 Å². The fourth-order valence-electron chi connectivity index (χ4n) is 3.14. The number of rotatable bonds is 9. The summed E-state index contributed by atoms with van der Waals surface area (Å²) in [5.41, 5.74) is -1.11. The highest BCUT2D eigenvalue weighted by atomic mass is 16.6. The molecule has 0 aliphatic carbocycles. The van der Waals surface area contributed by atoms with Crippen molar-refractivity contribution >= 4 is 23.9 Å². The highest BCUT2D eigenvalue weighted by molar-refractivity contribution is 5.91. The van der Waals surface area contributed by atoms with Gasteiger partial charge in [0, 0.05) is 12.1 Å². The maximum absolute atomic E-state index is 13.3. The summed E-state index contributed by atoms with van der Waals surface area (Å²) in [6.45, 7) is 12.0. The number of esters is 1. The molecule has 0 spiro atoms. The molecule has 3 amide bonds. The van der Waals surface area contributed by atoms with Crippen LogP contribution >= 0.6 is 0 Å². The SMILES string of the molecule is CCOC(=O)CCNC(=O)C(c1ccc(O)cc1)N(C(=O)CNC(=O)OC(C)(C)C)C(C)(C)C. The van der Waals surface area contributed by atoms with Crippen molar-refractivity contribution in [3.8, 4) is 5.75 Å². The van der Waals surface area contributed by atoms with E-state index in [9.17, 15) is 24.3 Å². The lowest BCUT2D eigenvalue weighted by Crippen LogP contribution is -2.55. The fraction of sp³-hybridized carbons (Fsp3) is 0.583. The van der Waals surface area contributed by atoms with Crippen LogP contribution in [0.4, 0.5) is 4.79 Å². The molecule has 0 radical (unpaired) electrons. The molecule has 1 atom stereocenters. The molecule has 1 rings (SSSR count). The molecular formula is C24H37N3O7.